The summed E-state index contributed by atoms with van der Waals surface area (Å²) in [4.78, 5) is 0. The summed E-state index contributed by atoms with van der Waals surface area (Å²) in [5, 5.41) is 9.01. The number of phenolic OH excluding ortho intramolecular Hbond substituents is 1. The number of rotatable bonds is 1. The maximum atomic E-state index is 9.20. The van der Waals surface area contributed by atoms with Gasteiger partial charge in [0.05, 0.1) is 15.1 Å². The number of aromatic hydroxyl groups is 1. The summed E-state index contributed by atoms with van der Waals surface area (Å²) in [5.74, 6) is -0.363. The maximum absolute atomic E-state index is 9.20. The van der Waals surface area contributed by atoms with E-state index in [1.165, 1.54) is 0 Å². The minimum absolute atomic E-state index is 0. The SMILES string of the molecule is NCCN.Oc1c(Cl)c(Cl)c(Cl)c(Cl)c1Cl.[Zn]. The zero-order chi connectivity index (χ0) is 12.9. The van der Waals surface area contributed by atoms with Crippen LogP contribution in [0, 0.1) is 0 Å². The third-order valence-corrected chi connectivity index (χ3v) is 3.61. The van der Waals surface area contributed by atoms with Crippen LogP contribution in [0.4, 0.5) is 0 Å². The molecular weight excluding hydrogens is 383 g/mol. The van der Waals surface area contributed by atoms with Crippen molar-refractivity contribution in [2.24, 2.45) is 11.5 Å². The molecule has 0 spiro atoms. The molecule has 0 unspecified atom stereocenters. The molecule has 3 nitrogen and oxygen atoms in total. The fourth-order valence-electron chi connectivity index (χ4n) is 0.593. The average molecular weight is 392 g/mol. The van der Waals surface area contributed by atoms with Gasteiger partial charge in [-0.15, -0.1) is 0 Å². The monoisotopic (exact) mass is 388 g/mol. The second-order valence-electron chi connectivity index (χ2n) is 2.50. The molecule has 0 aliphatic heterocycles. The number of hydrogen-bond acceptors (Lipinski definition) is 3. The normalized spacial score (nSPS) is 9.12. The van der Waals surface area contributed by atoms with Gasteiger partial charge in [-0.2, -0.15) is 0 Å². The minimum atomic E-state index is -0.363. The summed E-state index contributed by atoms with van der Waals surface area (Å²) in [6.45, 7) is 1.19. The molecule has 94 valence electrons. The molecule has 1 rings (SSSR count). The first-order chi connectivity index (χ1) is 7.38. The Morgan fingerprint density at radius 2 is 0.941 bits per heavy atom. The van der Waals surface area contributed by atoms with Crippen molar-refractivity contribution in [1.29, 1.82) is 0 Å². The van der Waals surface area contributed by atoms with Crippen LogP contribution >= 0.6 is 58.0 Å². The Morgan fingerprint density at radius 1 is 0.706 bits per heavy atom. The van der Waals surface area contributed by atoms with Crippen LogP contribution in [-0.2, 0) is 19.5 Å². The molecule has 9 heteroatoms. The fraction of sp³-hybridized carbons (Fsp3) is 0.250. The molecule has 0 radical (unpaired) electrons. The summed E-state index contributed by atoms with van der Waals surface area (Å²) in [7, 11) is 0. The summed E-state index contributed by atoms with van der Waals surface area (Å²) in [6, 6.07) is 0. The predicted octanol–water partition coefficient (Wildman–Crippen LogP) is 3.56. The largest absolute Gasteiger partial charge is 0.505 e. The van der Waals surface area contributed by atoms with Crippen LogP contribution in [0.2, 0.25) is 25.1 Å². The van der Waals surface area contributed by atoms with E-state index in [0.29, 0.717) is 13.1 Å². The van der Waals surface area contributed by atoms with Crippen LogP contribution in [0.5, 0.6) is 5.75 Å². The number of benzene rings is 1. The van der Waals surface area contributed by atoms with E-state index in [-0.39, 0.29) is 50.3 Å². The molecular formula is C8H9Cl5N2OZn. The van der Waals surface area contributed by atoms with E-state index < -0.39 is 0 Å². The van der Waals surface area contributed by atoms with Crippen LogP contribution < -0.4 is 11.5 Å². The van der Waals surface area contributed by atoms with Gasteiger partial charge in [0.25, 0.3) is 0 Å². The van der Waals surface area contributed by atoms with E-state index in [9.17, 15) is 5.11 Å². The van der Waals surface area contributed by atoms with E-state index in [2.05, 4.69) is 0 Å². The minimum Gasteiger partial charge on any atom is -0.505 e. The number of nitrogens with two attached hydrogens (primary N) is 2. The maximum Gasteiger partial charge on any atom is 0.155 e. The van der Waals surface area contributed by atoms with Crippen molar-refractivity contribution < 1.29 is 24.6 Å². The Balaban J connectivity index is 0. The second-order valence-corrected chi connectivity index (χ2v) is 4.39. The molecule has 0 bridgehead atoms. The first-order valence-corrected chi connectivity index (χ1v) is 5.87. The standard InChI is InChI=1S/C6HCl5O.C2H8N2.Zn/c7-1-2(8)4(10)6(12)5(11)3(1)9;3-1-2-4;/h12H;1-4H2;. The number of phenols is 1. The fourth-order valence-corrected chi connectivity index (χ4v) is 1.72. The third-order valence-electron chi connectivity index (χ3n) is 1.35. The quantitative estimate of drug-likeness (QED) is 0.389. The van der Waals surface area contributed by atoms with Crippen molar-refractivity contribution in [3.63, 3.8) is 0 Å². The second kappa shape index (κ2) is 9.88. The van der Waals surface area contributed by atoms with E-state index in [0.717, 1.165) is 0 Å². The molecule has 0 heterocycles. The molecule has 17 heavy (non-hydrogen) atoms. The van der Waals surface area contributed by atoms with Crippen molar-refractivity contribution in [3.8, 4) is 5.75 Å². The predicted molar refractivity (Wildman–Crippen MR) is 71.3 cm³/mol. The van der Waals surface area contributed by atoms with Gasteiger partial charge in [-0.05, 0) is 0 Å². The van der Waals surface area contributed by atoms with Gasteiger partial charge in [0.1, 0.15) is 10.0 Å². The van der Waals surface area contributed by atoms with E-state index in [1.54, 1.807) is 0 Å². The molecule has 1 aromatic carbocycles. The average Bonchev–Trinajstić information content (AvgIpc) is 2.31. The van der Waals surface area contributed by atoms with Crippen molar-refractivity contribution in [3.05, 3.63) is 25.1 Å². The summed E-state index contributed by atoms with van der Waals surface area (Å²) in [5.41, 5.74) is 9.81. The van der Waals surface area contributed by atoms with Gasteiger partial charge in [-0.25, -0.2) is 0 Å². The molecule has 0 fully saturated rings. The molecule has 5 N–H and O–H groups in total. The van der Waals surface area contributed by atoms with Crippen LogP contribution in [0.15, 0.2) is 0 Å². The van der Waals surface area contributed by atoms with Gasteiger partial charge in [0.15, 0.2) is 5.75 Å². The van der Waals surface area contributed by atoms with Crippen molar-refractivity contribution in [2.75, 3.05) is 13.1 Å². The molecule has 0 aliphatic rings. The zero-order valence-electron chi connectivity index (χ0n) is 8.61. The third kappa shape index (κ3) is 5.67. The summed E-state index contributed by atoms with van der Waals surface area (Å²) >= 11 is 27.9. The van der Waals surface area contributed by atoms with Crippen molar-refractivity contribution in [2.45, 2.75) is 0 Å². The summed E-state index contributed by atoms with van der Waals surface area (Å²) in [6.07, 6.45) is 0. The van der Waals surface area contributed by atoms with Crippen LogP contribution in [0.25, 0.3) is 0 Å². The molecule has 0 aliphatic carbocycles. The molecule has 0 atom stereocenters. The van der Waals surface area contributed by atoms with Gasteiger partial charge in [-0.3, -0.25) is 0 Å². The van der Waals surface area contributed by atoms with Gasteiger partial charge in [0, 0.05) is 32.6 Å². The van der Waals surface area contributed by atoms with Crippen LogP contribution in [-0.4, -0.2) is 18.2 Å². The first-order valence-electron chi connectivity index (χ1n) is 3.99. The van der Waals surface area contributed by atoms with Gasteiger partial charge < -0.3 is 16.6 Å². The van der Waals surface area contributed by atoms with Crippen molar-refractivity contribution in [1.82, 2.24) is 0 Å². The van der Waals surface area contributed by atoms with Crippen LogP contribution in [0.1, 0.15) is 0 Å². The molecule has 0 aromatic heterocycles. The van der Waals surface area contributed by atoms with E-state index in [4.69, 9.17) is 69.5 Å². The van der Waals surface area contributed by atoms with Gasteiger partial charge in [0.2, 0.25) is 0 Å². The zero-order valence-corrected chi connectivity index (χ0v) is 15.4. The number of hydrogen-bond donors (Lipinski definition) is 3. The Kier molecular flexibility index (Phi) is 11.8. The van der Waals surface area contributed by atoms with E-state index in [1.807, 2.05) is 0 Å². The van der Waals surface area contributed by atoms with Crippen molar-refractivity contribution >= 4 is 58.0 Å². The van der Waals surface area contributed by atoms with Crippen LogP contribution in [0.3, 0.4) is 0 Å². The molecule has 0 saturated carbocycles. The number of halogens is 5. The Labute approximate surface area is 137 Å². The summed E-state index contributed by atoms with van der Waals surface area (Å²) < 4.78 is 0. The smallest absolute Gasteiger partial charge is 0.155 e. The molecule has 0 amide bonds. The topological polar surface area (TPSA) is 72.3 Å². The first kappa shape index (κ1) is 20.3. The molecule has 1 aromatic rings. The Morgan fingerprint density at radius 3 is 1.18 bits per heavy atom. The van der Waals surface area contributed by atoms with Gasteiger partial charge >= 0.3 is 0 Å². The van der Waals surface area contributed by atoms with Gasteiger partial charge in [-0.1, -0.05) is 58.0 Å². The van der Waals surface area contributed by atoms with E-state index >= 15 is 0 Å². The molecule has 0 saturated heterocycles. The Hall–Kier alpha value is 1.01. The Bertz CT molecular complexity index is 270.